The van der Waals surface area contributed by atoms with Gasteiger partial charge >= 0.3 is 0 Å². The Bertz CT molecular complexity index is 284. The molecule has 0 fully saturated rings. The summed E-state index contributed by atoms with van der Waals surface area (Å²) in [6, 6.07) is 0. The van der Waals surface area contributed by atoms with Crippen LogP contribution < -0.4 is 0 Å². The quantitative estimate of drug-likeness (QED) is 0.524. The van der Waals surface area contributed by atoms with Crippen LogP contribution in [-0.4, -0.2) is 42.7 Å². The highest BCUT2D eigenvalue weighted by Crippen LogP contribution is 2.07. The largest absolute Gasteiger partial charge is 0.509 e. The number of aliphatic hydroxyl groups is 1. The van der Waals surface area contributed by atoms with Gasteiger partial charge in [0.15, 0.2) is 0 Å². The predicted octanol–water partition coefficient (Wildman–Crippen LogP) is 2.28. The van der Waals surface area contributed by atoms with E-state index in [1.807, 2.05) is 6.92 Å². The number of allylic oxidation sites excluding steroid dienone is 2. The summed E-state index contributed by atoms with van der Waals surface area (Å²) in [7, 11) is 1.62. The zero-order chi connectivity index (χ0) is 13.3. The summed E-state index contributed by atoms with van der Waals surface area (Å²) in [4.78, 5) is 13.1. The van der Waals surface area contributed by atoms with E-state index >= 15 is 0 Å². The fourth-order valence-electron chi connectivity index (χ4n) is 1.53. The van der Waals surface area contributed by atoms with E-state index in [1.54, 1.807) is 25.0 Å². The molecule has 0 radical (unpaired) electrons. The average Bonchev–Trinajstić information content (AvgIpc) is 2.21. The molecule has 0 atom stereocenters. The maximum atomic E-state index is 11.3. The third-order valence-electron chi connectivity index (χ3n) is 2.42. The van der Waals surface area contributed by atoms with E-state index in [4.69, 9.17) is 9.84 Å². The number of carbonyl (C=O) groups is 1. The first-order valence-corrected chi connectivity index (χ1v) is 5.77. The van der Waals surface area contributed by atoms with Crippen LogP contribution in [0.4, 0.5) is 0 Å². The van der Waals surface area contributed by atoms with E-state index in [-0.39, 0.29) is 11.7 Å². The number of hydrogen-bond donors (Lipinski definition) is 1. The van der Waals surface area contributed by atoms with E-state index in [9.17, 15) is 4.79 Å². The summed E-state index contributed by atoms with van der Waals surface area (Å²) in [6.45, 7) is 8.80. The van der Waals surface area contributed by atoms with Gasteiger partial charge in [-0.3, -0.25) is 4.79 Å². The molecule has 0 aliphatic rings. The molecule has 0 aliphatic carbocycles. The number of rotatable bonds is 8. The molecule has 1 N–H and O–H groups in total. The highest BCUT2D eigenvalue weighted by atomic mass is 16.5. The van der Waals surface area contributed by atoms with Crippen LogP contribution in [0.15, 0.2) is 24.0 Å². The minimum Gasteiger partial charge on any atom is -0.509 e. The van der Waals surface area contributed by atoms with E-state index in [2.05, 4.69) is 6.58 Å². The standard InChI is InChI=1S/C13H23NO3/c1-11(10-12(2)15)6-5-7-14(13(3)16)8-9-17-4/h10,15H,2,5-9H2,1,3-4H3/b11-10-. The van der Waals surface area contributed by atoms with Gasteiger partial charge in [-0.2, -0.15) is 0 Å². The normalized spacial score (nSPS) is 11.4. The number of hydrogen-bond acceptors (Lipinski definition) is 3. The van der Waals surface area contributed by atoms with Crippen LogP contribution in [0.1, 0.15) is 26.7 Å². The molecule has 0 aromatic heterocycles. The number of methoxy groups -OCH3 is 1. The van der Waals surface area contributed by atoms with E-state index < -0.39 is 0 Å². The molecular weight excluding hydrogens is 218 g/mol. The van der Waals surface area contributed by atoms with Crippen molar-refractivity contribution >= 4 is 5.91 Å². The Morgan fingerprint density at radius 1 is 1.41 bits per heavy atom. The van der Waals surface area contributed by atoms with E-state index in [0.29, 0.717) is 19.7 Å². The highest BCUT2D eigenvalue weighted by Gasteiger charge is 2.07. The van der Waals surface area contributed by atoms with Gasteiger partial charge in [0.2, 0.25) is 5.91 Å². The number of nitrogens with zero attached hydrogens (tertiary/aromatic N) is 1. The predicted molar refractivity (Wildman–Crippen MR) is 68.9 cm³/mol. The third kappa shape index (κ3) is 8.51. The topological polar surface area (TPSA) is 49.8 Å². The molecule has 0 aromatic carbocycles. The van der Waals surface area contributed by atoms with Crippen molar-refractivity contribution in [2.24, 2.45) is 0 Å². The Hall–Kier alpha value is -1.29. The molecule has 98 valence electrons. The van der Waals surface area contributed by atoms with Crippen LogP contribution >= 0.6 is 0 Å². The lowest BCUT2D eigenvalue weighted by molar-refractivity contribution is -0.129. The van der Waals surface area contributed by atoms with Gasteiger partial charge in [-0.1, -0.05) is 12.2 Å². The second kappa shape index (κ2) is 8.82. The summed E-state index contributed by atoms with van der Waals surface area (Å²) >= 11 is 0. The van der Waals surface area contributed by atoms with Gasteiger partial charge in [0, 0.05) is 27.1 Å². The highest BCUT2D eigenvalue weighted by molar-refractivity contribution is 5.73. The summed E-state index contributed by atoms with van der Waals surface area (Å²) in [6.07, 6.45) is 3.36. The number of carbonyl (C=O) groups excluding carboxylic acids is 1. The van der Waals surface area contributed by atoms with Crippen molar-refractivity contribution in [3.8, 4) is 0 Å². The second-order valence-electron chi connectivity index (χ2n) is 4.08. The van der Waals surface area contributed by atoms with Crippen molar-refractivity contribution < 1.29 is 14.6 Å². The van der Waals surface area contributed by atoms with Gasteiger partial charge in [-0.25, -0.2) is 0 Å². The molecule has 0 bridgehead atoms. The molecule has 0 aromatic rings. The van der Waals surface area contributed by atoms with Crippen molar-refractivity contribution in [2.45, 2.75) is 26.7 Å². The van der Waals surface area contributed by atoms with Gasteiger partial charge in [-0.05, 0) is 25.8 Å². The van der Waals surface area contributed by atoms with Crippen LogP contribution in [0.25, 0.3) is 0 Å². The third-order valence-corrected chi connectivity index (χ3v) is 2.42. The van der Waals surface area contributed by atoms with Crippen LogP contribution in [0.2, 0.25) is 0 Å². The van der Waals surface area contributed by atoms with Crippen LogP contribution in [0.5, 0.6) is 0 Å². The van der Waals surface area contributed by atoms with Gasteiger partial charge in [0.25, 0.3) is 0 Å². The van der Waals surface area contributed by atoms with E-state index in [0.717, 1.165) is 18.4 Å². The fourth-order valence-corrected chi connectivity index (χ4v) is 1.53. The van der Waals surface area contributed by atoms with E-state index in [1.165, 1.54) is 0 Å². The molecule has 1 amide bonds. The molecule has 0 rings (SSSR count). The molecule has 4 nitrogen and oxygen atoms in total. The Labute approximate surface area is 104 Å². The molecule has 4 heteroatoms. The summed E-state index contributed by atoms with van der Waals surface area (Å²) in [5.74, 6) is 0.139. The zero-order valence-corrected chi connectivity index (χ0v) is 11.0. The molecule has 0 unspecified atom stereocenters. The van der Waals surface area contributed by atoms with Crippen LogP contribution in [0, 0.1) is 0 Å². The van der Waals surface area contributed by atoms with Crippen LogP contribution in [0.3, 0.4) is 0 Å². The lowest BCUT2D eigenvalue weighted by atomic mass is 10.1. The monoisotopic (exact) mass is 241 g/mol. The summed E-state index contributed by atoms with van der Waals surface area (Å²) in [5, 5.41) is 8.98. The molecule has 0 aliphatic heterocycles. The SMILES string of the molecule is C=C(O)/C=C(/C)CCCN(CCOC)C(C)=O. The summed E-state index contributed by atoms with van der Waals surface area (Å²) < 4.78 is 4.95. The van der Waals surface area contributed by atoms with Crippen molar-refractivity contribution in [2.75, 3.05) is 26.8 Å². The zero-order valence-electron chi connectivity index (χ0n) is 11.0. The maximum absolute atomic E-state index is 11.3. The second-order valence-corrected chi connectivity index (χ2v) is 4.08. The first-order valence-electron chi connectivity index (χ1n) is 5.77. The average molecular weight is 241 g/mol. The van der Waals surface area contributed by atoms with Gasteiger partial charge in [0.05, 0.1) is 6.61 Å². The van der Waals surface area contributed by atoms with Gasteiger partial charge < -0.3 is 14.7 Å². The number of amides is 1. The van der Waals surface area contributed by atoms with Crippen molar-refractivity contribution in [3.63, 3.8) is 0 Å². The summed E-state index contributed by atoms with van der Waals surface area (Å²) in [5.41, 5.74) is 1.06. The number of ether oxygens (including phenoxy) is 1. The van der Waals surface area contributed by atoms with Gasteiger partial charge in [-0.15, -0.1) is 0 Å². The lowest BCUT2D eigenvalue weighted by Crippen LogP contribution is -2.32. The van der Waals surface area contributed by atoms with Crippen LogP contribution in [-0.2, 0) is 9.53 Å². The smallest absolute Gasteiger partial charge is 0.219 e. The minimum atomic E-state index is 0.0650. The first-order chi connectivity index (χ1) is 7.97. The molecule has 17 heavy (non-hydrogen) atoms. The number of aliphatic hydroxyl groups excluding tert-OH is 1. The molecule has 0 saturated heterocycles. The van der Waals surface area contributed by atoms with Crippen molar-refractivity contribution in [1.29, 1.82) is 0 Å². The molecule has 0 saturated carbocycles. The molecule has 0 spiro atoms. The Balaban J connectivity index is 3.97. The Morgan fingerprint density at radius 3 is 2.53 bits per heavy atom. The Morgan fingerprint density at radius 2 is 2.06 bits per heavy atom. The molecule has 0 heterocycles. The van der Waals surface area contributed by atoms with Crippen molar-refractivity contribution in [3.05, 3.63) is 24.0 Å². The first kappa shape index (κ1) is 15.7. The minimum absolute atomic E-state index is 0.0650. The lowest BCUT2D eigenvalue weighted by Gasteiger charge is -2.20. The Kier molecular flexibility index (Phi) is 8.15. The molecular formula is C13H23NO3. The fraction of sp³-hybridized carbons (Fsp3) is 0.615. The van der Waals surface area contributed by atoms with Gasteiger partial charge in [0.1, 0.15) is 5.76 Å². The maximum Gasteiger partial charge on any atom is 0.219 e. The van der Waals surface area contributed by atoms with Crippen molar-refractivity contribution in [1.82, 2.24) is 4.90 Å².